The van der Waals surface area contributed by atoms with Crippen molar-refractivity contribution in [2.45, 2.75) is 45.8 Å². The first-order valence-corrected chi connectivity index (χ1v) is 11.0. The second-order valence-electron chi connectivity index (χ2n) is 6.22. The summed E-state index contributed by atoms with van der Waals surface area (Å²) in [7, 11) is 3.32. The first-order chi connectivity index (χ1) is 12.5. The number of aromatic nitrogens is 1. The summed E-state index contributed by atoms with van der Waals surface area (Å²) < 4.78 is 5.64. The van der Waals surface area contributed by atoms with Crippen molar-refractivity contribution in [2.24, 2.45) is 0 Å². The lowest BCUT2D eigenvalue weighted by atomic mass is 10.2. The second-order valence-corrected chi connectivity index (χ2v) is 8.65. The van der Waals surface area contributed by atoms with E-state index in [0.717, 1.165) is 53.5 Å². The zero-order valence-corrected chi connectivity index (χ0v) is 16.9. The van der Waals surface area contributed by atoms with Gasteiger partial charge in [0.25, 0.3) is 0 Å². The Kier molecular flexibility index (Phi) is 8.77. The number of amides is 1. The average molecular weight is 398 g/mol. The summed E-state index contributed by atoms with van der Waals surface area (Å²) in [5.41, 5.74) is 8.46. The van der Waals surface area contributed by atoms with Gasteiger partial charge in [-0.25, -0.2) is 4.98 Å². The van der Waals surface area contributed by atoms with E-state index in [1.54, 1.807) is 26.5 Å². The number of anilines is 1. The van der Waals surface area contributed by atoms with E-state index < -0.39 is 0 Å². The third kappa shape index (κ3) is 6.19. The van der Waals surface area contributed by atoms with Gasteiger partial charge in [-0.2, -0.15) is 0 Å². The SMILES string of the molecule is CC(=C(CCO)SSCC1CCCO1)N(C=O)Cc1ccc(C)nc1N. The summed E-state index contributed by atoms with van der Waals surface area (Å²) >= 11 is 0. The molecular formula is C18H27N3O3S2. The largest absolute Gasteiger partial charge is 0.396 e. The molecule has 3 N–H and O–H groups in total. The van der Waals surface area contributed by atoms with Crippen molar-refractivity contribution in [3.63, 3.8) is 0 Å². The number of aryl methyl sites for hydroxylation is 1. The van der Waals surface area contributed by atoms with Crippen LogP contribution in [-0.4, -0.2) is 46.5 Å². The van der Waals surface area contributed by atoms with Gasteiger partial charge in [0, 0.05) is 47.2 Å². The zero-order valence-electron chi connectivity index (χ0n) is 15.3. The number of allylic oxidation sites excluding steroid dienone is 1. The van der Waals surface area contributed by atoms with Crippen LogP contribution >= 0.6 is 21.6 Å². The number of nitrogens with two attached hydrogens (primary N) is 1. The van der Waals surface area contributed by atoms with E-state index in [-0.39, 0.29) is 6.61 Å². The van der Waals surface area contributed by atoms with Crippen molar-refractivity contribution in [2.75, 3.05) is 24.7 Å². The molecule has 1 aliphatic heterocycles. The van der Waals surface area contributed by atoms with Gasteiger partial charge in [0.15, 0.2) is 0 Å². The minimum absolute atomic E-state index is 0.0427. The number of nitrogens with zero attached hydrogens (tertiary/aromatic N) is 2. The number of nitrogen functional groups attached to an aromatic ring is 1. The molecule has 0 aliphatic carbocycles. The van der Waals surface area contributed by atoms with Gasteiger partial charge < -0.3 is 20.5 Å². The van der Waals surface area contributed by atoms with E-state index in [0.29, 0.717) is 24.9 Å². The van der Waals surface area contributed by atoms with E-state index in [9.17, 15) is 9.90 Å². The summed E-state index contributed by atoms with van der Waals surface area (Å²) in [6, 6.07) is 3.78. The normalized spacial score (nSPS) is 17.9. The van der Waals surface area contributed by atoms with Crippen LogP contribution in [0.3, 0.4) is 0 Å². The molecule has 2 rings (SSSR count). The molecule has 1 unspecified atom stereocenters. The number of hydrogen-bond donors (Lipinski definition) is 2. The van der Waals surface area contributed by atoms with Crippen molar-refractivity contribution in [1.29, 1.82) is 0 Å². The molecule has 8 heteroatoms. The minimum atomic E-state index is 0.0427. The van der Waals surface area contributed by atoms with Crippen molar-refractivity contribution < 1.29 is 14.6 Å². The number of hydrogen-bond acceptors (Lipinski definition) is 7. The molecule has 144 valence electrons. The van der Waals surface area contributed by atoms with Crippen LogP contribution in [0.4, 0.5) is 5.82 Å². The smallest absolute Gasteiger partial charge is 0.214 e. The Morgan fingerprint density at radius 1 is 1.54 bits per heavy atom. The summed E-state index contributed by atoms with van der Waals surface area (Å²) in [6.45, 7) is 5.03. The van der Waals surface area contributed by atoms with Crippen LogP contribution < -0.4 is 5.73 Å². The quantitative estimate of drug-likeness (QED) is 0.463. The molecular weight excluding hydrogens is 370 g/mol. The van der Waals surface area contributed by atoms with Gasteiger partial charge in [-0.3, -0.25) is 4.79 Å². The highest BCUT2D eigenvalue weighted by Gasteiger charge is 2.17. The molecule has 1 saturated heterocycles. The third-order valence-electron chi connectivity index (χ3n) is 4.23. The highest BCUT2D eigenvalue weighted by atomic mass is 33.1. The molecule has 6 nitrogen and oxygen atoms in total. The summed E-state index contributed by atoms with van der Waals surface area (Å²) in [6.07, 6.45) is 3.85. The molecule has 0 spiro atoms. The van der Waals surface area contributed by atoms with Gasteiger partial charge in [-0.15, -0.1) is 0 Å². The number of aliphatic hydroxyl groups is 1. The van der Waals surface area contributed by atoms with Gasteiger partial charge in [-0.05, 0) is 32.8 Å². The number of carbonyl (C=O) groups is 1. The van der Waals surface area contributed by atoms with Gasteiger partial charge in [0.05, 0.1) is 12.6 Å². The van der Waals surface area contributed by atoms with Crippen LogP contribution in [0.25, 0.3) is 0 Å². The molecule has 0 radical (unpaired) electrons. The fourth-order valence-corrected chi connectivity index (χ4v) is 5.39. The van der Waals surface area contributed by atoms with Crippen molar-refractivity contribution >= 4 is 33.8 Å². The highest BCUT2D eigenvalue weighted by Crippen LogP contribution is 2.37. The molecule has 1 aromatic heterocycles. The summed E-state index contributed by atoms with van der Waals surface area (Å²) in [5.74, 6) is 1.34. The first-order valence-electron chi connectivity index (χ1n) is 8.70. The fourth-order valence-electron chi connectivity index (χ4n) is 2.66. The number of carbonyl (C=O) groups excluding carboxylic acids is 1. The second kappa shape index (κ2) is 10.8. The molecule has 1 aliphatic rings. The molecule has 0 aromatic carbocycles. The molecule has 2 heterocycles. The fraction of sp³-hybridized carbons (Fsp3) is 0.556. The average Bonchev–Trinajstić information content (AvgIpc) is 3.13. The van der Waals surface area contributed by atoms with Crippen molar-refractivity contribution in [3.8, 4) is 0 Å². The maximum atomic E-state index is 11.7. The van der Waals surface area contributed by atoms with Crippen molar-refractivity contribution in [3.05, 3.63) is 34.0 Å². The zero-order chi connectivity index (χ0) is 18.9. The topological polar surface area (TPSA) is 88.7 Å². The van der Waals surface area contributed by atoms with E-state index >= 15 is 0 Å². The van der Waals surface area contributed by atoms with Gasteiger partial charge in [0.1, 0.15) is 5.82 Å². The molecule has 26 heavy (non-hydrogen) atoms. The standard InChI is InChI=1S/C18H27N3O3S2/c1-13-5-6-15(18(19)20-13)10-21(12-23)14(2)17(7-8-22)26-25-11-16-4-3-9-24-16/h5-6,12,16,22H,3-4,7-11H2,1-2H3,(H2,19,20). The van der Waals surface area contributed by atoms with Crippen LogP contribution in [0, 0.1) is 6.92 Å². The maximum Gasteiger partial charge on any atom is 0.214 e. The van der Waals surface area contributed by atoms with E-state index in [4.69, 9.17) is 10.5 Å². The molecule has 1 atom stereocenters. The number of ether oxygens (including phenoxy) is 1. The van der Waals surface area contributed by atoms with Crippen LogP contribution in [0.5, 0.6) is 0 Å². The van der Waals surface area contributed by atoms with Crippen molar-refractivity contribution in [1.82, 2.24) is 9.88 Å². The molecule has 0 bridgehead atoms. The highest BCUT2D eigenvalue weighted by molar-refractivity contribution is 8.78. The van der Waals surface area contributed by atoms with Gasteiger partial charge >= 0.3 is 0 Å². The van der Waals surface area contributed by atoms with Gasteiger partial charge in [0.2, 0.25) is 6.41 Å². The van der Waals surface area contributed by atoms with Crippen LogP contribution in [0.2, 0.25) is 0 Å². The Bertz CT molecular complexity index is 634. The monoisotopic (exact) mass is 397 g/mol. The van der Waals surface area contributed by atoms with Gasteiger partial charge in [-0.1, -0.05) is 27.7 Å². The molecule has 1 fully saturated rings. The van der Waals surface area contributed by atoms with E-state index in [1.807, 2.05) is 26.0 Å². The van der Waals surface area contributed by atoms with E-state index in [2.05, 4.69) is 4.98 Å². The minimum Gasteiger partial charge on any atom is -0.396 e. The van der Waals surface area contributed by atoms with Crippen LogP contribution in [0.1, 0.15) is 37.4 Å². The first kappa shape index (κ1) is 21.1. The number of aliphatic hydroxyl groups excluding tert-OH is 1. The van der Waals surface area contributed by atoms with Crippen LogP contribution in [-0.2, 0) is 16.1 Å². The third-order valence-corrected chi connectivity index (χ3v) is 6.92. The predicted octanol–water partition coefficient (Wildman–Crippen LogP) is 3.10. The lowest BCUT2D eigenvalue weighted by Gasteiger charge is -2.22. The Labute approximate surface area is 163 Å². The van der Waals surface area contributed by atoms with Crippen LogP contribution in [0.15, 0.2) is 22.7 Å². The Hall–Kier alpha value is -1.22. The summed E-state index contributed by atoms with van der Waals surface area (Å²) in [4.78, 5) is 18.5. The number of rotatable bonds is 10. The lowest BCUT2D eigenvalue weighted by Crippen LogP contribution is -2.21. The summed E-state index contributed by atoms with van der Waals surface area (Å²) in [5, 5.41) is 9.40. The Balaban J connectivity index is 2.05. The van der Waals surface area contributed by atoms with E-state index in [1.165, 1.54) is 0 Å². The maximum absolute atomic E-state index is 11.7. The number of pyridine rings is 1. The molecule has 1 aromatic rings. The Morgan fingerprint density at radius 2 is 2.35 bits per heavy atom. The molecule has 0 saturated carbocycles. The lowest BCUT2D eigenvalue weighted by molar-refractivity contribution is -0.116. The Morgan fingerprint density at radius 3 is 2.96 bits per heavy atom. The molecule has 1 amide bonds. The predicted molar refractivity (Wildman–Crippen MR) is 108 cm³/mol.